The minimum absolute atomic E-state index is 0.496. The van der Waals surface area contributed by atoms with Gasteiger partial charge in [0.2, 0.25) is 0 Å². The fraction of sp³-hybridized carbons (Fsp3) is 0.600. The molecule has 0 aromatic heterocycles. The quantitative estimate of drug-likeness (QED) is 0.806. The number of rotatable bonds is 5. The van der Waals surface area contributed by atoms with Crippen LogP contribution in [0, 0.1) is 5.92 Å². The Bertz CT molecular complexity index is 411. The van der Waals surface area contributed by atoms with E-state index in [-0.39, 0.29) is 0 Å². The van der Waals surface area contributed by atoms with Gasteiger partial charge in [0, 0.05) is 12.6 Å². The molecule has 19 heavy (non-hydrogen) atoms. The fourth-order valence-electron chi connectivity index (χ4n) is 2.64. The molecule has 0 spiro atoms. The van der Waals surface area contributed by atoms with Gasteiger partial charge in [0.1, 0.15) is 17.4 Å². The molecule has 1 aromatic rings. The van der Waals surface area contributed by atoms with Gasteiger partial charge < -0.3 is 10.1 Å². The lowest BCUT2D eigenvalue weighted by Crippen LogP contribution is -2.36. The molecule has 4 heteroatoms. The highest BCUT2D eigenvalue weighted by Gasteiger charge is 2.17. The SMILES string of the molecule is CC1CCCC(NCCOc2cccc(Cl)c2Cl)C1. The van der Waals surface area contributed by atoms with Crippen LogP contribution in [0.2, 0.25) is 10.0 Å². The van der Waals surface area contributed by atoms with Crippen LogP contribution < -0.4 is 10.1 Å². The largest absolute Gasteiger partial charge is 0.491 e. The summed E-state index contributed by atoms with van der Waals surface area (Å²) in [4.78, 5) is 0. The molecule has 0 aliphatic heterocycles. The van der Waals surface area contributed by atoms with E-state index in [0.717, 1.165) is 12.5 Å². The van der Waals surface area contributed by atoms with E-state index in [4.69, 9.17) is 27.9 Å². The highest BCUT2D eigenvalue weighted by Crippen LogP contribution is 2.31. The lowest BCUT2D eigenvalue weighted by molar-refractivity contribution is 0.266. The molecule has 1 aromatic carbocycles. The Labute approximate surface area is 125 Å². The Morgan fingerprint density at radius 2 is 2.16 bits per heavy atom. The van der Waals surface area contributed by atoms with Crippen molar-refractivity contribution in [3.05, 3.63) is 28.2 Å². The number of hydrogen-bond donors (Lipinski definition) is 1. The molecule has 0 amide bonds. The van der Waals surface area contributed by atoms with Gasteiger partial charge in [-0.3, -0.25) is 0 Å². The highest BCUT2D eigenvalue weighted by atomic mass is 35.5. The molecular formula is C15H21Cl2NO. The number of ether oxygens (including phenoxy) is 1. The summed E-state index contributed by atoms with van der Waals surface area (Å²) in [6.45, 7) is 3.79. The zero-order valence-corrected chi connectivity index (χ0v) is 12.8. The Balaban J connectivity index is 1.70. The molecule has 2 rings (SSSR count). The van der Waals surface area contributed by atoms with Gasteiger partial charge in [-0.2, -0.15) is 0 Å². The first kappa shape index (κ1) is 15.0. The third kappa shape index (κ3) is 4.55. The zero-order chi connectivity index (χ0) is 13.7. The van der Waals surface area contributed by atoms with E-state index in [0.29, 0.717) is 28.4 Å². The Morgan fingerprint density at radius 3 is 2.95 bits per heavy atom. The second-order valence-corrected chi connectivity index (χ2v) is 6.11. The lowest BCUT2D eigenvalue weighted by atomic mass is 9.87. The molecule has 2 nitrogen and oxygen atoms in total. The predicted molar refractivity (Wildman–Crippen MR) is 81.4 cm³/mol. The molecule has 0 heterocycles. The first-order chi connectivity index (χ1) is 9.16. The van der Waals surface area contributed by atoms with Crippen LogP contribution in [-0.2, 0) is 0 Å². The first-order valence-corrected chi connectivity index (χ1v) is 7.72. The molecule has 1 aliphatic rings. The molecule has 2 atom stereocenters. The van der Waals surface area contributed by atoms with Crippen LogP contribution in [0.25, 0.3) is 0 Å². The predicted octanol–water partition coefficient (Wildman–Crippen LogP) is 4.54. The van der Waals surface area contributed by atoms with Crippen LogP contribution in [0.1, 0.15) is 32.6 Å². The van der Waals surface area contributed by atoms with Gasteiger partial charge in [0.05, 0.1) is 5.02 Å². The van der Waals surface area contributed by atoms with Crippen LogP contribution in [0.4, 0.5) is 0 Å². The molecule has 1 aliphatic carbocycles. The first-order valence-electron chi connectivity index (χ1n) is 6.97. The molecule has 1 fully saturated rings. The summed E-state index contributed by atoms with van der Waals surface area (Å²) in [6.07, 6.45) is 5.26. The van der Waals surface area contributed by atoms with Crippen molar-refractivity contribution in [2.45, 2.75) is 38.6 Å². The second kappa shape index (κ2) is 7.37. The smallest absolute Gasteiger partial charge is 0.139 e. The maximum Gasteiger partial charge on any atom is 0.139 e. The maximum atomic E-state index is 6.06. The van der Waals surface area contributed by atoms with Gasteiger partial charge in [-0.05, 0) is 30.9 Å². The third-order valence-electron chi connectivity index (χ3n) is 3.65. The molecule has 0 radical (unpaired) electrons. The zero-order valence-electron chi connectivity index (χ0n) is 11.3. The minimum Gasteiger partial charge on any atom is -0.491 e. The van der Waals surface area contributed by atoms with Gasteiger partial charge in [-0.1, -0.05) is 49.0 Å². The monoisotopic (exact) mass is 301 g/mol. The third-order valence-corrected chi connectivity index (χ3v) is 4.45. The van der Waals surface area contributed by atoms with Crippen LogP contribution in [-0.4, -0.2) is 19.2 Å². The van der Waals surface area contributed by atoms with Crippen molar-refractivity contribution in [3.8, 4) is 5.75 Å². The second-order valence-electron chi connectivity index (χ2n) is 5.32. The fourth-order valence-corrected chi connectivity index (χ4v) is 2.99. The van der Waals surface area contributed by atoms with Crippen molar-refractivity contribution in [1.29, 1.82) is 0 Å². The van der Waals surface area contributed by atoms with Crippen LogP contribution in [0.5, 0.6) is 5.75 Å². The summed E-state index contributed by atoms with van der Waals surface area (Å²) in [6, 6.07) is 6.09. The van der Waals surface area contributed by atoms with Crippen molar-refractivity contribution in [2.24, 2.45) is 5.92 Å². The molecule has 1 N–H and O–H groups in total. The van der Waals surface area contributed by atoms with Gasteiger partial charge in [-0.25, -0.2) is 0 Å². The average molecular weight is 302 g/mol. The van der Waals surface area contributed by atoms with Crippen molar-refractivity contribution in [2.75, 3.05) is 13.2 Å². The standard InChI is InChI=1S/C15H21Cl2NO/c1-11-4-2-5-12(10-11)18-8-9-19-14-7-3-6-13(16)15(14)17/h3,6-7,11-12,18H,2,4-5,8-10H2,1H3. The summed E-state index contributed by atoms with van der Waals surface area (Å²) in [5, 5.41) is 4.59. The van der Waals surface area contributed by atoms with Crippen molar-refractivity contribution >= 4 is 23.2 Å². The van der Waals surface area contributed by atoms with E-state index in [1.807, 2.05) is 12.1 Å². The topological polar surface area (TPSA) is 21.3 Å². The van der Waals surface area contributed by atoms with Gasteiger partial charge >= 0.3 is 0 Å². The molecule has 0 bridgehead atoms. The Hall–Kier alpha value is -0.440. The molecule has 0 saturated heterocycles. The van der Waals surface area contributed by atoms with Crippen molar-refractivity contribution in [3.63, 3.8) is 0 Å². The van der Waals surface area contributed by atoms with E-state index in [9.17, 15) is 0 Å². The minimum atomic E-state index is 0.496. The summed E-state index contributed by atoms with van der Waals surface area (Å²) in [5.74, 6) is 1.50. The van der Waals surface area contributed by atoms with E-state index in [1.165, 1.54) is 25.7 Å². The lowest BCUT2D eigenvalue weighted by Gasteiger charge is -2.27. The van der Waals surface area contributed by atoms with Crippen LogP contribution in [0.15, 0.2) is 18.2 Å². The van der Waals surface area contributed by atoms with E-state index in [2.05, 4.69) is 12.2 Å². The van der Waals surface area contributed by atoms with Gasteiger partial charge in [-0.15, -0.1) is 0 Å². The summed E-state index contributed by atoms with van der Waals surface area (Å²) in [5.41, 5.74) is 0. The highest BCUT2D eigenvalue weighted by molar-refractivity contribution is 6.42. The molecule has 2 unspecified atom stereocenters. The van der Waals surface area contributed by atoms with Gasteiger partial charge in [0.25, 0.3) is 0 Å². The average Bonchev–Trinajstić information content (AvgIpc) is 2.39. The number of hydrogen-bond acceptors (Lipinski definition) is 2. The van der Waals surface area contributed by atoms with E-state index in [1.54, 1.807) is 6.07 Å². The number of nitrogens with one attached hydrogen (secondary N) is 1. The molecular weight excluding hydrogens is 281 g/mol. The van der Waals surface area contributed by atoms with Crippen molar-refractivity contribution in [1.82, 2.24) is 5.32 Å². The van der Waals surface area contributed by atoms with E-state index >= 15 is 0 Å². The van der Waals surface area contributed by atoms with Crippen LogP contribution >= 0.6 is 23.2 Å². The summed E-state index contributed by atoms with van der Waals surface area (Å²) < 4.78 is 5.66. The van der Waals surface area contributed by atoms with E-state index < -0.39 is 0 Å². The Morgan fingerprint density at radius 1 is 1.32 bits per heavy atom. The summed E-state index contributed by atoms with van der Waals surface area (Å²) in [7, 11) is 0. The Kier molecular flexibility index (Phi) is 5.80. The molecule has 1 saturated carbocycles. The van der Waals surface area contributed by atoms with Crippen molar-refractivity contribution < 1.29 is 4.74 Å². The van der Waals surface area contributed by atoms with Gasteiger partial charge in [0.15, 0.2) is 0 Å². The maximum absolute atomic E-state index is 6.06. The van der Waals surface area contributed by atoms with Crippen LogP contribution in [0.3, 0.4) is 0 Å². The number of halogens is 2. The normalized spacial score (nSPS) is 23.3. The summed E-state index contributed by atoms with van der Waals surface area (Å²) >= 11 is 12.0. The number of benzene rings is 1. The molecule has 106 valence electrons.